The summed E-state index contributed by atoms with van der Waals surface area (Å²) in [6, 6.07) is 0. The summed E-state index contributed by atoms with van der Waals surface area (Å²) >= 11 is 0. The Bertz CT molecular complexity index is 299. The van der Waals surface area contributed by atoms with Gasteiger partial charge in [-0.05, 0) is 34.6 Å². The van der Waals surface area contributed by atoms with Crippen molar-refractivity contribution in [1.82, 2.24) is 9.97 Å². The molecule has 1 heterocycles. The fraction of sp³-hybridized carbons (Fsp3) is 0.667. The van der Waals surface area contributed by atoms with Crippen LogP contribution in [-0.4, -0.2) is 22.2 Å². The number of nitrogens with zero attached hydrogens (tertiary/aromatic N) is 2. The van der Waals surface area contributed by atoms with Crippen LogP contribution in [0.25, 0.3) is 0 Å². The molecular weight excluding hydrogens is 204 g/mol. The molecule has 0 aliphatic rings. The van der Waals surface area contributed by atoms with E-state index in [1.165, 1.54) is 0 Å². The molecule has 1 aromatic heterocycles. The molecule has 0 saturated heterocycles. The van der Waals surface area contributed by atoms with Gasteiger partial charge in [-0.3, -0.25) is 9.97 Å². The topological polar surface area (TPSA) is 44.2 Å². The first-order chi connectivity index (χ1) is 7.49. The lowest BCUT2D eigenvalue weighted by Gasteiger charge is -2.22. The third-order valence-corrected chi connectivity index (χ3v) is 1.83. The van der Waals surface area contributed by atoms with Gasteiger partial charge in [0.2, 0.25) is 6.29 Å². The van der Waals surface area contributed by atoms with Gasteiger partial charge < -0.3 is 9.47 Å². The van der Waals surface area contributed by atoms with Gasteiger partial charge >= 0.3 is 0 Å². The average Bonchev–Trinajstić information content (AvgIpc) is 2.16. The molecule has 0 amide bonds. The van der Waals surface area contributed by atoms with Crippen molar-refractivity contribution in [3.8, 4) is 0 Å². The SMILES string of the molecule is Cc1cnc(C(OC(C)C)OC(C)C)cn1. The van der Waals surface area contributed by atoms with Crippen molar-refractivity contribution < 1.29 is 9.47 Å². The van der Waals surface area contributed by atoms with E-state index in [1.54, 1.807) is 12.4 Å². The van der Waals surface area contributed by atoms with Crippen LogP contribution in [0.15, 0.2) is 12.4 Å². The highest BCUT2D eigenvalue weighted by molar-refractivity contribution is 5.02. The molecule has 0 aliphatic heterocycles. The van der Waals surface area contributed by atoms with Crippen molar-refractivity contribution in [3.63, 3.8) is 0 Å². The minimum Gasteiger partial charge on any atom is -0.344 e. The molecule has 0 spiro atoms. The monoisotopic (exact) mass is 224 g/mol. The van der Waals surface area contributed by atoms with Crippen LogP contribution in [0, 0.1) is 6.92 Å². The van der Waals surface area contributed by atoms with Gasteiger partial charge in [-0.1, -0.05) is 0 Å². The Hall–Kier alpha value is -1.00. The zero-order valence-electron chi connectivity index (χ0n) is 10.6. The third-order valence-electron chi connectivity index (χ3n) is 1.83. The molecule has 0 N–H and O–H groups in total. The second-order valence-electron chi connectivity index (χ2n) is 4.28. The zero-order valence-corrected chi connectivity index (χ0v) is 10.6. The molecule has 0 aromatic carbocycles. The predicted molar refractivity (Wildman–Crippen MR) is 62.0 cm³/mol. The fourth-order valence-electron chi connectivity index (χ4n) is 1.19. The smallest absolute Gasteiger partial charge is 0.203 e. The molecule has 0 aliphatic carbocycles. The van der Waals surface area contributed by atoms with E-state index in [0.717, 1.165) is 5.69 Å². The highest BCUT2D eigenvalue weighted by atomic mass is 16.7. The van der Waals surface area contributed by atoms with Crippen LogP contribution < -0.4 is 0 Å². The van der Waals surface area contributed by atoms with Crippen LogP contribution in [-0.2, 0) is 9.47 Å². The summed E-state index contributed by atoms with van der Waals surface area (Å²) in [5.41, 5.74) is 1.60. The van der Waals surface area contributed by atoms with Crippen molar-refractivity contribution in [1.29, 1.82) is 0 Å². The Kier molecular flexibility index (Phi) is 4.83. The Labute approximate surface area is 97.0 Å². The van der Waals surface area contributed by atoms with Gasteiger partial charge in [0.05, 0.1) is 24.1 Å². The van der Waals surface area contributed by atoms with Crippen LogP contribution >= 0.6 is 0 Å². The molecule has 1 rings (SSSR count). The zero-order chi connectivity index (χ0) is 12.1. The van der Waals surface area contributed by atoms with Crippen molar-refractivity contribution in [2.45, 2.75) is 53.1 Å². The number of hydrogen-bond acceptors (Lipinski definition) is 4. The quantitative estimate of drug-likeness (QED) is 0.721. The average molecular weight is 224 g/mol. The van der Waals surface area contributed by atoms with E-state index in [-0.39, 0.29) is 12.2 Å². The van der Waals surface area contributed by atoms with Crippen molar-refractivity contribution in [3.05, 3.63) is 23.8 Å². The summed E-state index contributed by atoms with van der Waals surface area (Å²) in [6.45, 7) is 9.78. The van der Waals surface area contributed by atoms with E-state index in [9.17, 15) is 0 Å². The Morgan fingerprint density at radius 2 is 1.50 bits per heavy atom. The normalized spacial score (nSPS) is 11.8. The number of hydrogen-bond donors (Lipinski definition) is 0. The summed E-state index contributed by atoms with van der Waals surface area (Å²) < 4.78 is 11.3. The van der Waals surface area contributed by atoms with Gasteiger partial charge in [-0.15, -0.1) is 0 Å². The summed E-state index contributed by atoms with van der Waals surface area (Å²) in [4.78, 5) is 8.46. The number of ether oxygens (including phenoxy) is 2. The van der Waals surface area contributed by atoms with E-state index >= 15 is 0 Å². The van der Waals surface area contributed by atoms with Crippen LogP contribution in [0.2, 0.25) is 0 Å². The first-order valence-corrected chi connectivity index (χ1v) is 5.58. The second kappa shape index (κ2) is 5.92. The lowest BCUT2D eigenvalue weighted by Crippen LogP contribution is -2.18. The molecule has 16 heavy (non-hydrogen) atoms. The standard InChI is InChI=1S/C12H20N2O2/c1-8(2)15-12(16-9(3)4)11-7-13-10(5)6-14-11/h6-9,12H,1-5H3. The molecule has 0 unspecified atom stereocenters. The lowest BCUT2D eigenvalue weighted by atomic mass is 10.3. The highest BCUT2D eigenvalue weighted by Gasteiger charge is 2.17. The molecule has 0 fully saturated rings. The second-order valence-corrected chi connectivity index (χ2v) is 4.28. The van der Waals surface area contributed by atoms with Crippen LogP contribution in [0.4, 0.5) is 0 Å². The van der Waals surface area contributed by atoms with Crippen molar-refractivity contribution in [2.75, 3.05) is 0 Å². The van der Waals surface area contributed by atoms with E-state index in [0.29, 0.717) is 5.69 Å². The molecule has 0 bridgehead atoms. The largest absolute Gasteiger partial charge is 0.344 e. The maximum Gasteiger partial charge on any atom is 0.203 e. The van der Waals surface area contributed by atoms with E-state index in [2.05, 4.69) is 9.97 Å². The molecule has 1 aromatic rings. The molecule has 90 valence electrons. The van der Waals surface area contributed by atoms with Gasteiger partial charge in [0.25, 0.3) is 0 Å². The van der Waals surface area contributed by atoms with Crippen molar-refractivity contribution >= 4 is 0 Å². The predicted octanol–water partition coefficient (Wildman–Crippen LogP) is 2.63. The highest BCUT2D eigenvalue weighted by Crippen LogP contribution is 2.19. The van der Waals surface area contributed by atoms with Crippen LogP contribution in [0.1, 0.15) is 45.4 Å². The summed E-state index contributed by atoms with van der Waals surface area (Å²) in [7, 11) is 0. The molecule has 4 nitrogen and oxygen atoms in total. The molecule has 4 heteroatoms. The Morgan fingerprint density at radius 1 is 0.938 bits per heavy atom. The summed E-state index contributed by atoms with van der Waals surface area (Å²) in [5, 5.41) is 0. The van der Waals surface area contributed by atoms with Gasteiger partial charge in [-0.2, -0.15) is 0 Å². The molecule has 0 radical (unpaired) electrons. The van der Waals surface area contributed by atoms with Gasteiger partial charge in [-0.25, -0.2) is 0 Å². The van der Waals surface area contributed by atoms with E-state index < -0.39 is 6.29 Å². The van der Waals surface area contributed by atoms with E-state index in [4.69, 9.17) is 9.47 Å². The minimum atomic E-state index is -0.437. The van der Waals surface area contributed by atoms with Gasteiger partial charge in [0, 0.05) is 6.20 Å². The first-order valence-electron chi connectivity index (χ1n) is 5.58. The number of rotatable bonds is 5. The Morgan fingerprint density at radius 3 is 1.88 bits per heavy atom. The first kappa shape index (κ1) is 13.1. The molecule has 0 atom stereocenters. The van der Waals surface area contributed by atoms with Gasteiger partial charge in [0.1, 0.15) is 5.69 Å². The van der Waals surface area contributed by atoms with Crippen molar-refractivity contribution in [2.24, 2.45) is 0 Å². The maximum atomic E-state index is 5.66. The molecule has 0 saturated carbocycles. The number of aromatic nitrogens is 2. The van der Waals surface area contributed by atoms with E-state index in [1.807, 2.05) is 34.6 Å². The maximum absolute atomic E-state index is 5.66. The van der Waals surface area contributed by atoms with Crippen LogP contribution in [0.5, 0.6) is 0 Å². The minimum absolute atomic E-state index is 0.0897. The Balaban J connectivity index is 2.78. The number of aryl methyl sites for hydroxylation is 1. The third kappa shape index (κ3) is 4.24. The fourth-order valence-corrected chi connectivity index (χ4v) is 1.19. The summed E-state index contributed by atoms with van der Waals surface area (Å²) in [5.74, 6) is 0. The lowest BCUT2D eigenvalue weighted by molar-refractivity contribution is -0.187. The summed E-state index contributed by atoms with van der Waals surface area (Å²) in [6.07, 6.45) is 3.16. The molecular formula is C12H20N2O2. The van der Waals surface area contributed by atoms with Gasteiger partial charge in [0.15, 0.2) is 0 Å². The van der Waals surface area contributed by atoms with Crippen LogP contribution in [0.3, 0.4) is 0 Å².